The second kappa shape index (κ2) is 27.6. The summed E-state index contributed by atoms with van der Waals surface area (Å²) >= 11 is 0. The molecule has 53 heavy (non-hydrogen) atoms. The highest BCUT2D eigenvalue weighted by Crippen LogP contribution is 2.38. The molecule has 4 rings (SSSR count). The number of piperidine rings is 1. The van der Waals surface area contributed by atoms with Crippen LogP contribution >= 0.6 is 0 Å². The number of aldehydes is 1. The number of halogens is 2. The molecule has 0 atom stereocenters. The molecule has 0 radical (unpaired) electrons. The molecule has 2 aromatic rings. The Kier molecular flexibility index (Phi) is 25.5. The topological polar surface area (TPSA) is 164 Å². The van der Waals surface area contributed by atoms with Gasteiger partial charge in [0.2, 0.25) is 5.91 Å². The summed E-state index contributed by atoms with van der Waals surface area (Å²) in [4.78, 5) is 40.2. The average Bonchev–Trinajstić information content (AvgIpc) is 3.14. The van der Waals surface area contributed by atoms with E-state index in [1.165, 1.54) is 12.6 Å². The van der Waals surface area contributed by atoms with Gasteiger partial charge in [-0.05, 0) is 127 Å². The van der Waals surface area contributed by atoms with Crippen molar-refractivity contribution in [1.29, 1.82) is 5.41 Å². The minimum atomic E-state index is -2.66. The Bertz CT molecular complexity index is 1360. The molecule has 298 valence electrons. The second-order valence-corrected chi connectivity index (χ2v) is 13.9. The predicted molar refractivity (Wildman–Crippen MR) is 213 cm³/mol. The molecule has 1 amide bonds. The number of hydrogen-bond donors (Lipinski definition) is 6. The van der Waals surface area contributed by atoms with E-state index in [4.69, 9.17) is 15.0 Å². The molecule has 0 bridgehead atoms. The maximum absolute atomic E-state index is 14.7. The summed E-state index contributed by atoms with van der Waals surface area (Å²) in [6.07, 6.45) is 5.88. The van der Waals surface area contributed by atoms with Gasteiger partial charge in [-0.3, -0.25) is 4.79 Å². The van der Waals surface area contributed by atoms with Crippen LogP contribution < -0.4 is 26.6 Å². The molecular weight excluding hydrogens is 680 g/mol. The number of alkyl halides is 2. The lowest BCUT2D eigenvalue weighted by atomic mass is 9.87. The molecule has 0 aliphatic carbocycles. The summed E-state index contributed by atoms with van der Waals surface area (Å²) in [7, 11) is 7.76. The van der Waals surface area contributed by atoms with Crippen molar-refractivity contribution in [2.24, 2.45) is 5.41 Å². The Morgan fingerprint density at radius 2 is 1.68 bits per heavy atom. The number of hydrogen-bond acceptors (Lipinski definition) is 11. The lowest BCUT2D eigenvalue weighted by Crippen LogP contribution is -2.42. The van der Waals surface area contributed by atoms with E-state index in [2.05, 4.69) is 55.2 Å². The van der Waals surface area contributed by atoms with Gasteiger partial charge in [0.15, 0.2) is 0 Å². The van der Waals surface area contributed by atoms with Gasteiger partial charge in [-0.25, -0.2) is 18.7 Å². The van der Waals surface area contributed by atoms with Crippen LogP contribution in [0.2, 0.25) is 0 Å². The zero-order chi connectivity index (χ0) is 40.4. The number of rotatable bonds is 12. The number of benzene rings is 1. The number of nitrogens with one attached hydrogen (secondary N) is 6. The molecule has 1 aromatic carbocycles. The molecule has 2 aliphatic heterocycles. The van der Waals surface area contributed by atoms with Crippen LogP contribution in [0.25, 0.3) is 16.7 Å². The normalized spacial score (nSPS) is 14.5. The van der Waals surface area contributed by atoms with Crippen molar-refractivity contribution in [3.05, 3.63) is 52.7 Å². The highest BCUT2D eigenvalue weighted by molar-refractivity contribution is 5.79. The predicted octanol–water partition coefficient (Wildman–Crippen LogP) is 4.45. The first-order valence-electron chi connectivity index (χ1n) is 18.1. The van der Waals surface area contributed by atoms with Crippen molar-refractivity contribution in [3.8, 4) is 11.1 Å². The molecule has 6 N–H and O–H groups in total. The van der Waals surface area contributed by atoms with Gasteiger partial charge in [0.25, 0.3) is 6.43 Å². The third kappa shape index (κ3) is 18.6. The molecular formula is C39H65F2N9O3. The number of amides is 1. The fourth-order valence-corrected chi connectivity index (χ4v) is 5.71. The van der Waals surface area contributed by atoms with E-state index >= 15 is 0 Å². The maximum atomic E-state index is 14.7. The number of carbonyl (C=O) groups is 3. The molecule has 1 fully saturated rings. The Morgan fingerprint density at radius 3 is 2.21 bits per heavy atom. The van der Waals surface area contributed by atoms with Gasteiger partial charge < -0.3 is 46.5 Å². The van der Waals surface area contributed by atoms with Crippen molar-refractivity contribution in [3.63, 3.8) is 0 Å². The van der Waals surface area contributed by atoms with Gasteiger partial charge in [0.05, 0.1) is 6.42 Å². The lowest BCUT2D eigenvalue weighted by molar-refractivity contribution is -0.121. The van der Waals surface area contributed by atoms with Gasteiger partial charge in [-0.2, -0.15) is 0 Å². The van der Waals surface area contributed by atoms with E-state index in [1.54, 1.807) is 18.5 Å². The van der Waals surface area contributed by atoms with Crippen molar-refractivity contribution < 1.29 is 23.2 Å². The van der Waals surface area contributed by atoms with Crippen LogP contribution in [0.15, 0.2) is 30.2 Å². The Labute approximate surface area is 316 Å². The van der Waals surface area contributed by atoms with Crippen LogP contribution in [0.5, 0.6) is 0 Å². The standard InChI is InChI=1S/C33H49F2N7O.C2H7N.C2H4O.CH3N.CH2O/c1-33(2,3)21-40-31(43)17-30-38-18-23(19-39-30)25-15-22(7-6-11-36-4)26(16-27(25)32(34)35)28-20-42(5)14-10-29(28)41-24-8-12-37-13-9-24;1-3-2;1-2-3;2*1-2/h15-16,18-19,24,32,36-37,41H,6-14,17,20-21H2,1-5H3,(H,40,43);3H,1-2H3;2H,1H3;2H,1H2;1H2. The number of carbonyl (C=O) groups excluding carboxylic acids is 3. The van der Waals surface area contributed by atoms with E-state index in [9.17, 15) is 13.6 Å². The highest BCUT2D eigenvalue weighted by atomic mass is 19.3. The Hall–Kier alpha value is -3.98. The van der Waals surface area contributed by atoms with Crippen molar-refractivity contribution in [1.82, 2.24) is 41.5 Å². The third-order valence-electron chi connectivity index (χ3n) is 8.11. The summed E-state index contributed by atoms with van der Waals surface area (Å²) in [5.74, 6) is 0.204. The van der Waals surface area contributed by atoms with Crippen LogP contribution in [0.3, 0.4) is 0 Å². The quantitative estimate of drug-likeness (QED) is 0.104. The van der Waals surface area contributed by atoms with Crippen LogP contribution in [-0.4, -0.2) is 114 Å². The zero-order valence-corrected chi connectivity index (χ0v) is 33.3. The zero-order valence-electron chi connectivity index (χ0n) is 33.3. The van der Waals surface area contributed by atoms with Crippen LogP contribution in [0, 0.1) is 10.8 Å². The smallest absolute Gasteiger partial charge is 0.264 e. The summed E-state index contributed by atoms with van der Waals surface area (Å²) < 4.78 is 29.4. The first kappa shape index (κ1) is 49.0. The maximum Gasteiger partial charge on any atom is 0.264 e. The number of aromatic nitrogens is 2. The molecule has 1 saturated heterocycles. The molecule has 3 heterocycles. The van der Waals surface area contributed by atoms with E-state index in [-0.39, 0.29) is 23.3 Å². The summed E-state index contributed by atoms with van der Waals surface area (Å²) in [6, 6.07) is 4.02. The van der Waals surface area contributed by atoms with Crippen molar-refractivity contribution in [2.45, 2.75) is 78.7 Å². The van der Waals surface area contributed by atoms with Crippen molar-refractivity contribution >= 4 is 31.3 Å². The van der Waals surface area contributed by atoms with Gasteiger partial charge in [0.1, 0.15) is 18.9 Å². The number of aryl methyl sites for hydroxylation is 1. The second-order valence-electron chi connectivity index (χ2n) is 13.9. The third-order valence-corrected chi connectivity index (χ3v) is 8.11. The first-order chi connectivity index (χ1) is 25.4. The largest absolute Gasteiger partial charge is 0.385 e. The highest BCUT2D eigenvalue weighted by Gasteiger charge is 2.26. The summed E-state index contributed by atoms with van der Waals surface area (Å²) in [5.41, 5.74) is 5.18. The molecule has 2 aliphatic rings. The molecule has 12 nitrogen and oxygen atoms in total. The molecule has 0 spiro atoms. The minimum Gasteiger partial charge on any atom is -0.385 e. The number of likely N-dealkylation sites (N-methyl/N-ethyl adjacent to an activating group) is 1. The van der Waals surface area contributed by atoms with Gasteiger partial charge in [-0.15, -0.1) is 0 Å². The average molecular weight is 746 g/mol. The van der Waals surface area contributed by atoms with Crippen LogP contribution in [0.4, 0.5) is 8.78 Å². The van der Waals surface area contributed by atoms with E-state index in [0.717, 1.165) is 81.3 Å². The molecule has 1 aromatic heterocycles. The fourth-order valence-electron chi connectivity index (χ4n) is 5.71. The van der Waals surface area contributed by atoms with Crippen LogP contribution in [0.1, 0.15) is 82.3 Å². The molecule has 14 heteroatoms. The van der Waals surface area contributed by atoms with E-state index in [1.807, 2.05) is 54.8 Å². The van der Waals surface area contributed by atoms with Gasteiger partial charge in [-0.1, -0.05) is 20.8 Å². The first-order valence-corrected chi connectivity index (χ1v) is 18.1. The molecule has 0 unspecified atom stereocenters. The van der Waals surface area contributed by atoms with Gasteiger partial charge in [0, 0.05) is 61.3 Å². The lowest BCUT2D eigenvalue weighted by Gasteiger charge is -2.34. The van der Waals surface area contributed by atoms with Crippen molar-refractivity contribution in [2.75, 3.05) is 67.5 Å². The minimum absolute atomic E-state index is 0.0198. The molecule has 0 saturated carbocycles. The fraction of sp³-hybridized carbons (Fsp3) is 0.590. The van der Waals surface area contributed by atoms with Gasteiger partial charge >= 0.3 is 0 Å². The monoisotopic (exact) mass is 746 g/mol. The van der Waals surface area contributed by atoms with E-state index < -0.39 is 6.43 Å². The Balaban J connectivity index is 0.00000245. The Morgan fingerprint density at radius 1 is 1.09 bits per heavy atom. The summed E-state index contributed by atoms with van der Waals surface area (Å²) in [5, 5.41) is 21.6. The van der Waals surface area contributed by atoms with E-state index in [0.29, 0.717) is 36.1 Å². The summed E-state index contributed by atoms with van der Waals surface area (Å²) in [6.45, 7) is 17.1. The number of nitrogens with zero attached hydrogens (tertiary/aromatic N) is 3. The van der Waals surface area contributed by atoms with Crippen LogP contribution in [-0.2, 0) is 27.2 Å². The SMILES string of the molecule is C=N.C=O.CC=O.CNC.CNCCCc1cc(-c2cnc(CC(=O)NCC(C)(C)C)nc2)c(C(F)F)cc1C1=C(NC2CCNCC2)CCN(C)C1.